The molecule has 29 heavy (non-hydrogen) atoms. The Morgan fingerprint density at radius 1 is 0.586 bits per heavy atom. The lowest BCUT2D eigenvalue weighted by Crippen LogP contribution is -2.19. The van der Waals surface area contributed by atoms with Gasteiger partial charge in [0.15, 0.2) is 0 Å². The maximum atomic E-state index is 12.0. The third kappa shape index (κ3) is 3.51. The average Bonchev–Trinajstić information content (AvgIpc) is 2.87. The molecule has 0 fully saturated rings. The first kappa shape index (κ1) is 21.6. The van der Waals surface area contributed by atoms with Gasteiger partial charge in [-0.2, -0.15) is 33.7 Å². The van der Waals surface area contributed by atoms with Crippen molar-refractivity contribution in [3.05, 3.63) is 24.3 Å². The maximum absolute atomic E-state index is 12.0. The largest absolute Gasteiger partial charge is 0.353 e. The zero-order valence-corrected chi connectivity index (χ0v) is 16.8. The van der Waals surface area contributed by atoms with E-state index in [1.54, 1.807) is 0 Å². The minimum absolute atomic E-state index is 0.0638. The summed E-state index contributed by atoms with van der Waals surface area (Å²) in [7, 11) is -23.2. The Hall–Kier alpha value is -2.12. The second-order valence-electron chi connectivity index (χ2n) is 5.64. The second kappa shape index (κ2) is 6.19. The van der Waals surface area contributed by atoms with Crippen LogP contribution in [0.5, 0.6) is 0 Å². The molecule has 0 saturated heterocycles. The molecule has 0 atom stereocenters. The zero-order chi connectivity index (χ0) is 22.2. The molecule has 0 unspecified atom stereocenters. The number of aromatic amines is 1. The van der Waals surface area contributed by atoms with Crippen LogP contribution in [0.15, 0.2) is 43.8 Å². The molecule has 0 aliphatic carbocycles. The lowest BCUT2D eigenvalue weighted by molar-refractivity contribution is 0.449. The lowest BCUT2D eigenvalue weighted by atomic mass is 10.1. The predicted molar refractivity (Wildman–Crippen MR) is 95.1 cm³/mol. The van der Waals surface area contributed by atoms with Crippen molar-refractivity contribution in [2.75, 3.05) is 0 Å². The topological polar surface area (TPSA) is 233 Å². The number of para-hydroxylation sites is 1. The van der Waals surface area contributed by atoms with Crippen molar-refractivity contribution in [2.24, 2.45) is 0 Å². The monoisotopic (exact) mass is 487 g/mol. The quantitative estimate of drug-likeness (QED) is 0.313. The zero-order valence-electron chi connectivity index (χ0n) is 13.5. The Labute approximate surface area is 163 Å². The van der Waals surface area contributed by atoms with Gasteiger partial charge >= 0.3 is 0 Å². The molecule has 3 aromatic rings. The molecule has 5 N–H and O–H groups in total. The van der Waals surface area contributed by atoms with Crippen LogP contribution < -0.4 is 0 Å². The number of aromatic nitrogens is 1. The minimum Gasteiger partial charge on any atom is -0.353 e. The van der Waals surface area contributed by atoms with Crippen molar-refractivity contribution in [1.82, 2.24) is 4.98 Å². The summed E-state index contributed by atoms with van der Waals surface area (Å²) in [5, 5.41) is -1.08. The fraction of sp³-hybridized carbons (Fsp3) is 0. The molecule has 0 amide bonds. The fourth-order valence-electron chi connectivity index (χ4n) is 2.94. The van der Waals surface area contributed by atoms with Crippen LogP contribution in [-0.2, 0) is 40.5 Å². The molecule has 158 valence electrons. The van der Waals surface area contributed by atoms with Gasteiger partial charge in [0.05, 0.1) is 5.52 Å². The third-order valence-electron chi connectivity index (χ3n) is 3.81. The highest BCUT2D eigenvalue weighted by molar-refractivity contribution is 7.91. The van der Waals surface area contributed by atoms with Crippen molar-refractivity contribution < 1.29 is 51.9 Å². The van der Waals surface area contributed by atoms with Crippen LogP contribution in [0.2, 0.25) is 0 Å². The van der Waals surface area contributed by atoms with Crippen molar-refractivity contribution in [3.63, 3.8) is 0 Å². The van der Waals surface area contributed by atoms with Crippen molar-refractivity contribution in [1.29, 1.82) is 0 Å². The van der Waals surface area contributed by atoms with Crippen LogP contribution in [-0.4, -0.2) is 56.9 Å². The van der Waals surface area contributed by atoms with Gasteiger partial charge in [0.1, 0.15) is 19.6 Å². The van der Waals surface area contributed by atoms with E-state index >= 15 is 0 Å². The lowest BCUT2D eigenvalue weighted by Gasteiger charge is -2.14. The number of rotatable bonds is 4. The van der Waals surface area contributed by atoms with Gasteiger partial charge in [-0.1, -0.05) is 18.2 Å². The molecule has 3 rings (SSSR count). The summed E-state index contributed by atoms with van der Waals surface area (Å²) in [4.78, 5) is -5.47. The molecule has 2 aromatic carbocycles. The van der Waals surface area contributed by atoms with Crippen molar-refractivity contribution >= 4 is 62.3 Å². The van der Waals surface area contributed by atoms with Crippen LogP contribution in [0.3, 0.4) is 0 Å². The standard InChI is InChI=1S/C12H9NO12S4/c14-26(15,16)9-7-5-3-1-2-4-6(5)13-8(7)10(27(17,18)19)12(29(23,24)25)11(9)28(20,21)22/h1-4,13H,(H,14,15,16)(H,17,18,19)(H,20,21,22)(H,23,24,25). The molecule has 1 aromatic heterocycles. The van der Waals surface area contributed by atoms with Gasteiger partial charge in [-0.15, -0.1) is 0 Å². The van der Waals surface area contributed by atoms with Gasteiger partial charge in [-0.3, -0.25) is 18.2 Å². The molecule has 1 heterocycles. The van der Waals surface area contributed by atoms with Gasteiger partial charge in [0.25, 0.3) is 40.5 Å². The SMILES string of the molecule is O=S(=O)(O)c1c(S(=O)(=O)O)c(S(=O)(=O)O)c2c([nH]c3ccccc32)c1S(=O)(=O)O. The molecule has 0 radical (unpaired) electrons. The molecule has 17 heteroatoms. The Morgan fingerprint density at radius 2 is 1.00 bits per heavy atom. The summed E-state index contributed by atoms with van der Waals surface area (Å²) >= 11 is 0. The van der Waals surface area contributed by atoms with Crippen LogP contribution in [0, 0.1) is 0 Å². The predicted octanol–water partition coefficient (Wildman–Crippen LogP) is 0.308. The second-order valence-corrected chi connectivity index (χ2v) is 11.1. The van der Waals surface area contributed by atoms with E-state index in [0.717, 1.165) is 6.07 Å². The van der Waals surface area contributed by atoms with E-state index in [4.69, 9.17) is 0 Å². The van der Waals surface area contributed by atoms with Crippen molar-refractivity contribution in [3.8, 4) is 0 Å². The Balaban J connectivity index is 3.03. The minimum atomic E-state index is -5.92. The van der Waals surface area contributed by atoms with E-state index in [2.05, 4.69) is 4.98 Å². The number of fused-ring (bicyclic) bond motifs is 3. The van der Waals surface area contributed by atoms with Gasteiger partial charge in [-0.05, 0) is 6.07 Å². The number of H-pyrrole nitrogens is 1. The first-order chi connectivity index (χ1) is 13.0. The maximum Gasteiger partial charge on any atom is 0.298 e. The summed E-state index contributed by atoms with van der Waals surface area (Å²) in [5.74, 6) is 0. The first-order valence-corrected chi connectivity index (χ1v) is 12.7. The Kier molecular flexibility index (Phi) is 4.61. The molecule has 0 aliphatic heterocycles. The first-order valence-electron chi connectivity index (χ1n) is 6.96. The molecule has 0 spiro atoms. The summed E-state index contributed by atoms with van der Waals surface area (Å²) in [6, 6.07) is 5.08. The highest BCUT2D eigenvalue weighted by atomic mass is 32.2. The molecule has 0 saturated carbocycles. The van der Waals surface area contributed by atoms with Gasteiger partial charge < -0.3 is 4.98 Å². The van der Waals surface area contributed by atoms with Crippen LogP contribution in [0.25, 0.3) is 21.8 Å². The van der Waals surface area contributed by atoms with E-state index in [9.17, 15) is 51.9 Å². The summed E-state index contributed by atoms with van der Waals surface area (Å²) < 4.78 is 133. The fourth-order valence-corrected chi connectivity index (χ4v) is 7.87. The molecular formula is C12H9NO12S4. The van der Waals surface area contributed by atoms with Crippen LogP contribution in [0.4, 0.5) is 0 Å². The third-order valence-corrected chi connectivity index (χ3v) is 7.89. The van der Waals surface area contributed by atoms with Crippen LogP contribution >= 0.6 is 0 Å². The summed E-state index contributed by atoms with van der Waals surface area (Å²) in [6.45, 7) is 0. The Morgan fingerprint density at radius 3 is 1.45 bits per heavy atom. The summed E-state index contributed by atoms with van der Waals surface area (Å²) in [6.07, 6.45) is 0. The normalized spacial score (nSPS) is 13.9. The highest BCUT2D eigenvalue weighted by Crippen LogP contribution is 2.43. The highest BCUT2D eigenvalue weighted by Gasteiger charge is 2.42. The average molecular weight is 487 g/mol. The number of nitrogens with one attached hydrogen (secondary N) is 1. The Bertz CT molecular complexity index is 1630. The number of hydrogen-bond acceptors (Lipinski definition) is 8. The van der Waals surface area contributed by atoms with E-state index in [1.165, 1.54) is 18.2 Å². The smallest absolute Gasteiger partial charge is 0.298 e. The van der Waals surface area contributed by atoms with E-state index in [1.807, 2.05) is 0 Å². The van der Waals surface area contributed by atoms with E-state index in [0.29, 0.717) is 0 Å². The van der Waals surface area contributed by atoms with Crippen molar-refractivity contribution in [2.45, 2.75) is 19.6 Å². The van der Waals surface area contributed by atoms with Gasteiger partial charge in [-0.25, -0.2) is 0 Å². The van der Waals surface area contributed by atoms with Gasteiger partial charge in [0.2, 0.25) is 0 Å². The molecular weight excluding hydrogens is 478 g/mol. The molecule has 0 aliphatic rings. The van der Waals surface area contributed by atoms with Gasteiger partial charge in [0, 0.05) is 16.3 Å². The number of benzene rings is 2. The summed E-state index contributed by atoms with van der Waals surface area (Å²) in [5.41, 5.74) is -1.02. The number of hydrogen-bond donors (Lipinski definition) is 5. The molecule has 13 nitrogen and oxygen atoms in total. The van der Waals surface area contributed by atoms with E-state index in [-0.39, 0.29) is 10.9 Å². The molecule has 0 bridgehead atoms. The van der Waals surface area contributed by atoms with E-state index < -0.39 is 71.0 Å². The van der Waals surface area contributed by atoms with Crippen LogP contribution in [0.1, 0.15) is 0 Å².